The van der Waals surface area contributed by atoms with Gasteiger partial charge in [0.2, 0.25) is 0 Å². The van der Waals surface area contributed by atoms with Gasteiger partial charge in [-0.2, -0.15) is 14.0 Å². The highest BCUT2D eigenvalue weighted by Crippen LogP contribution is 2.36. The van der Waals surface area contributed by atoms with Gasteiger partial charge >= 0.3 is 12.6 Å². The summed E-state index contributed by atoms with van der Waals surface area (Å²) in [6.07, 6.45) is 2.30. The first-order valence-corrected chi connectivity index (χ1v) is 7.44. The first-order chi connectivity index (χ1) is 12.3. The van der Waals surface area contributed by atoms with Crippen molar-refractivity contribution in [1.82, 2.24) is 0 Å². The van der Waals surface area contributed by atoms with Gasteiger partial charge in [-0.3, -0.25) is 10.1 Å². The molecule has 0 aliphatic heterocycles. The lowest BCUT2D eigenvalue weighted by molar-refractivity contribution is -0.385. The number of unbranched alkanes of at least 4 members (excludes halogenated alkanes) is 1. The number of nitrogens with zero attached hydrogens (tertiary/aromatic N) is 2. The van der Waals surface area contributed by atoms with E-state index in [1.54, 1.807) is 6.07 Å². The van der Waals surface area contributed by atoms with Crippen LogP contribution >= 0.6 is 0 Å². The molecular formula is C16H16F2N2O6. The van der Waals surface area contributed by atoms with Gasteiger partial charge in [0.15, 0.2) is 11.5 Å². The summed E-state index contributed by atoms with van der Waals surface area (Å²) in [7, 11) is 1.15. The number of ether oxygens (including phenoxy) is 3. The molecule has 0 saturated heterocycles. The van der Waals surface area contributed by atoms with Crippen LogP contribution in [0, 0.1) is 21.4 Å². The molecule has 0 amide bonds. The lowest BCUT2D eigenvalue weighted by Crippen LogP contribution is -2.08. The van der Waals surface area contributed by atoms with E-state index >= 15 is 0 Å². The summed E-state index contributed by atoms with van der Waals surface area (Å²) in [5.74, 6) is -1.71. The molecule has 0 N–H and O–H groups in total. The largest absolute Gasteiger partial charge is 0.493 e. The molecule has 1 aromatic rings. The fourth-order valence-electron chi connectivity index (χ4n) is 1.87. The summed E-state index contributed by atoms with van der Waals surface area (Å²) >= 11 is 0. The van der Waals surface area contributed by atoms with Crippen LogP contribution in [0.4, 0.5) is 14.5 Å². The zero-order valence-electron chi connectivity index (χ0n) is 14.0. The van der Waals surface area contributed by atoms with Crippen LogP contribution in [0.1, 0.15) is 25.3 Å². The Kier molecular flexibility index (Phi) is 7.95. The normalized spacial score (nSPS) is 11.0. The molecule has 0 saturated carbocycles. The van der Waals surface area contributed by atoms with Crippen LogP contribution in [0.5, 0.6) is 11.5 Å². The highest BCUT2D eigenvalue weighted by Gasteiger charge is 2.22. The second-order valence-electron chi connectivity index (χ2n) is 4.86. The molecule has 0 bridgehead atoms. The van der Waals surface area contributed by atoms with Crippen molar-refractivity contribution in [2.24, 2.45) is 0 Å². The molecule has 26 heavy (non-hydrogen) atoms. The Balaban J connectivity index is 3.33. The predicted molar refractivity (Wildman–Crippen MR) is 85.7 cm³/mol. The van der Waals surface area contributed by atoms with E-state index in [-0.39, 0.29) is 17.9 Å². The van der Waals surface area contributed by atoms with Crippen molar-refractivity contribution >= 4 is 17.7 Å². The average molecular weight is 370 g/mol. The van der Waals surface area contributed by atoms with Crippen LogP contribution in [0.3, 0.4) is 0 Å². The maximum Gasteiger partial charge on any atom is 0.387 e. The van der Waals surface area contributed by atoms with Crippen molar-refractivity contribution in [1.29, 1.82) is 5.26 Å². The topological polar surface area (TPSA) is 112 Å². The second kappa shape index (κ2) is 9.93. The Morgan fingerprint density at radius 1 is 1.42 bits per heavy atom. The molecule has 0 radical (unpaired) electrons. The van der Waals surface area contributed by atoms with E-state index in [2.05, 4.69) is 4.74 Å². The number of alkyl halides is 2. The molecule has 0 spiro atoms. The highest BCUT2D eigenvalue weighted by molar-refractivity contribution is 5.98. The summed E-state index contributed by atoms with van der Waals surface area (Å²) in [6.45, 7) is -1.23. The molecular weight excluding hydrogens is 354 g/mol. The van der Waals surface area contributed by atoms with Crippen LogP contribution in [0.15, 0.2) is 17.7 Å². The Hall–Kier alpha value is -3.22. The number of halogens is 2. The minimum absolute atomic E-state index is 0.0981. The van der Waals surface area contributed by atoms with Crippen LogP contribution < -0.4 is 9.47 Å². The predicted octanol–water partition coefficient (Wildman–Crippen LogP) is 3.46. The fraction of sp³-hybridized carbons (Fsp3) is 0.375. The monoisotopic (exact) mass is 370 g/mol. The maximum absolute atomic E-state index is 12.4. The molecule has 0 aliphatic rings. The smallest absolute Gasteiger partial charge is 0.387 e. The summed E-state index contributed by atoms with van der Waals surface area (Å²) in [5.41, 5.74) is -1.32. The van der Waals surface area contributed by atoms with E-state index in [1.165, 1.54) is 0 Å². The Morgan fingerprint density at radius 3 is 2.62 bits per heavy atom. The van der Waals surface area contributed by atoms with Gasteiger partial charge in [-0.15, -0.1) is 0 Å². The van der Waals surface area contributed by atoms with E-state index in [9.17, 15) is 23.7 Å². The molecule has 0 aromatic heterocycles. The number of carbonyl (C=O) groups is 1. The number of nitro benzene ring substituents is 1. The zero-order valence-corrected chi connectivity index (χ0v) is 14.0. The van der Waals surface area contributed by atoms with Crippen molar-refractivity contribution < 1.29 is 32.7 Å². The van der Waals surface area contributed by atoms with Crippen molar-refractivity contribution in [2.45, 2.75) is 26.4 Å². The van der Waals surface area contributed by atoms with Crippen LogP contribution in [0.2, 0.25) is 0 Å². The molecule has 8 nitrogen and oxygen atoms in total. The van der Waals surface area contributed by atoms with E-state index in [0.29, 0.717) is 6.42 Å². The molecule has 140 valence electrons. The third-order valence-electron chi connectivity index (χ3n) is 3.10. The lowest BCUT2D eigenvalue weighted by atomic mass is 10.1. The number of nitro groups is 1. The first-order valence-electron chi connectivity index (χ1n) is 7.44. The Bertz CT molecular complexity index is 743. The quantitative estimate of drug-likeness (QED) is 0.163. The Labute approximate surface area is 147 Å². The summed E-state index contributed by atoms with van der Waals surface area (Å²) < 4.78 is 38.8. The van der Waals surface area contributed by atoms with Gasteiger partial charge in [-0.1, -0.05) is 13.3 Å². The highest BCUT2D eigenvalue weighted by atomic mass is 19.3. The Morgan fingerprint density at radius 2 is 2.12 bits per heavy atom. The molecule has 0 atom stereocenters. The lowest BCUT2D eigenvalue weighted by Gasteiger charge is -2.11. The van der Waals surface area contributed by atoms with E-state index in [1.807, 2.05) is 6.92 Å². The van der Waals surface area contributed by atoms with Crippen molar-refractivity contribution in [2.75, 3.05) is 13.7 Å². The van der Waals surface area contributed by atoms with Crippen LogP contribution in [0.25, 0.3) is 6.08 Å². The molecule has 1 rings (SSSR count). The number of esters is 1. The van der Waals surface area contributed by atoms with Gasteiger partial charge in [0.25, 0.3) is 5.69 Å². The molecule has 1 aromatic carbocycles. The number of nitriles is 1. The summed E-state index contributed by atoms with van der Waals surface area (Å²) in [6, 6.07) is 3.35. The van der Waals surface area contributed by atoms with Crippen LogP contribution in [-0.2, 0) is 9.53 Å². The number of hydrogen-bond donors (Lipinski definition) is 0. The third kappa shape index (κ3) is 5.70. The molecule has 0 unspecified atom stereocenters. The van der Waals surface area contributed by atoms with Gasteiger partial charge < -0.3 is 14.2 Å². The number of hydrogen-bond acceptors (Lipinski definition) is 7. The van der Waals surface area contributed by atoms with Crippen LogP contribution in [-0.4, -0.2) is 31.2 Å². The fourth-order valence-corrected chi connectivity index (χ4v) is 1.87. The number of benzene rings is 1. The zero-order chi connectivity index (χ0) is 19.7. The second-order valence-corrected chi connectivity index (χ2v) is 4.86. The SMILES string of the molecule is CCCCOC(=O)/C(C#N)=C/c1cc(OC)c(OC(F)F)cc1[N+](=O)[O-]. The van der Waals surface area contributed by atoms with Gasteiger partial charge in [-0.05, 0) is 18.6 Å². The molecule has 0 fully saturated rings. The number of carbonyl (C=O) groups excluding carboxylic acids is 1. The standard InChI is InChI=1S/C16H16F2N2O6/c1-3-4-5-25-15(21)11(9-19)6-10-7-13(24-2)14(26-16(17)18)8-12(10)20(22)23/h6-8,16H,3-5H2,1-2H3/b11-6+. The van der Waals surface area contributed by atoms with Gasteiger partial charge in [0.1, 0.15) is 11.6 Å². The van der Waals surface area contributed by atoms with Crippen molar-refractivity contribution in [3.05, 3.63) is 33.4 Å². The first kappa shape index (κ1) is 20.8. The van der Waals surface area contributed by atoms with Gasteiger partial charge in [0, 0.05) is 0 Å². The van der Waals surface area contributed by atoms with E-state index in [4.69, 9.17) is 14.7 Å². The molecule has 0 aliphatic carbocycles. The number of rotatable bonds is 9. The number of methoxy groups -OCH3 is 1. The average Bonchev–Trinajstić information content (AvgIpc) is 2.59. The van der Waals surface area contributed by atoms with E-state index < -0.39 is 34.5 Å². The van der Waals surface area contributed by atoms with Gasteiger partial charge in [0.05, 0.1) is 30.3 Å². The third-order valence-corrected chi connectivity index (χ3v) is 3.10. The van der Waals surface area contributed by atoms with E-state index in [0.717, 1.165) is 31.7 Å². The minimum Gasteiger partial charge on any atom is -0.493 e. The summed E-state index contributed by atoms with van der Waals surface area (Å²) in [4.78, 5) is 22.2. The maximum atomic E-state index is 12.4. The van der Waals surface area contributed by atoms with Crippen molar-refractivity contribution in [3.63, 3.8) is 0 Å². The van der Waals surface area contributed by atoms with Crippen molar-refractivity contribution in [3.8, 4) is 17.6 Å². The molecule has 10 heteroatoms. The minimum atomic E-state index is -3.21. The molecule has 0 heterocycles. The van der Waals surface area contributed by atoms with Gasteiger partial charge in [-0.25, -0.2) is 4.79 Å². The summed E-state index contributed by atoms with van der Waals surface area (Å²) in [5, 5.41) is 20.3.